The lowest BCUT2D eigenvalue weighted by Crippen LogP contribution is -2.47. The standard InChI is InChI=1S/C14H16ClF3N2O3/c1-13(23-2,9-4-3-5-10(15)6-9)7-19-11(21)12(22)20-8-14(16,17)18/h3-6H,7-8H2,1-2H3,(H,19,21)(H,20,22). The number of amides is 2. The van der Waals surface area contributed by atoms with Crippen LogP contribution in [0.25, 0.3) is 0 Å². The molecule has 0 radical (unpaired) electrons. The Morgan fingerprint density at radius 3 is 2.22 bits per heavy atom. The molecule has 0 saturated carbocycles. The number of hydrogen-bond acceptors (Lipinski definition) is 3. The van der Waals surface area contributed by atoms with Gasteiger partial charge in [0.15, 0.2) is 0 Å². The van der Waals surface area contributed by atoms with Gasteiger partial charge in [-0.15, -0.1) is 0 Å². The molecule has 1 aromatic carbocycles. The molecule has 0 aliphatic heterocycles. The molecule has 0 aliphatic rings. The van der Waals surface area contributed by atoms with Crippen molar-refractivity contribution >= 4 is 23.4 Å². The Morgan fingerprint density at radius 1 is 1.17 bits per heavy atom. The second-order valence-electron chi connectivity index (χ2n) is 4.93. The molecule has 0 aliphatic carbocycles. The van der Waals surface area contributed by atoms with Gasteiger partial charge in [-0.05, 0) is 24.6 Å². The Kier molecular flexibility index (Phi) is 6.40. The van der Waals surface area contributed by atoms with Gasteiger partial charge in [-0.1, -0.05) is 23.7 Å². The molecule has 1 atom stereocenters. The first kappa shape index (κ1) is 19.2. The van der Waals surface area contributed by atoms with Crippen LogP contribution in [-0.2, 0) is 19.9 Å². The van der Waals surface area contributed by atoms with Crippen LogP contribution in [0.4, 0.5) is 13.2 Å². The third-order valence-corrected chi connectivity index (χ3v) is 3.36. The maximum atomic E-state index is 12.0. The maximum Gasteiger partial charge on any atom is 0.405 e. The fourth-order valence-electron chi connectivity index (χ4n) is 1.70. The summed E-state index contributed by atoms with van der Waals surface area (Å²) in [6, 6.07) is 6.68. The first-order valence-corrected chi connectivity index (χ1v) is 6.89. The predicted octanol–water partition coefficient (Wildman–Crippen LogP) is 2.00. The van der Waals surface area contributed by atoms with Gasteiger partial charge < -0.3 is 15.4 Å². The molecular weight excluding hydrogens is 337 g/mol. The van der Waals surface area contributed by atoms with Crippen molar-refractivity contribution in [2.24, 2.45) is 0 Å². The van der Waals surface area contributed by atoms with Gasteiger partial charge in [0.1, 0.15) is 12.1 Å². The number of rotatable bonds is 5. The second kappa shape index (κ2) is 7.65. The van der Waals surface area contributed by atoms with Gasteiger partial charge in [0.2, 0.25) is 0 Å². The van der Waals surface area contributed by atoms with Crippen LogP contribution in [-0.4, -0.2) is 38.2 Å². The van der Waals surface area contributed by atoms with Gasteiger partial charge in [0.05, 0.1) is 6.54 Å². The van der Waals surface area contributed by atoms with Crippen molar-refractivity contribution in [2.75, 3.05) is 20.2 Å². The van der Waals surface area contributed by atoms with E-state index in [2.05, 4.69) is 5.32 Å². The smallest absolute Gasteiger partial charge is 0.372 e. The highest BCUT2D eigenvalue weighted by molar-refractivity contribution is 6.35. The van der Waals surface area contributed by atoms with E-state index < -0.39 is 30.1 Å². The van der Waals surface area contributed by atoms with E-state index in [9.17, 15) is 22.8 Å². The highest BCUT2D eigenvalue weighted by Crippen LogP contribution is 2.26. The number of ether oxygens (including phenoxy) is 1. The summed E-state index contributed by atoms with van der Waals surface area (Å²) in [5.41, 5.74) is -0.353. The van der Waals surface area contributed by atoms with Crippen molar-refractivity contribution in [1.82, 2.24) is 10.6 Å². The molecule has 0 heterocycles. The highest BCUT2D eigenvalue weighted by atomic mass is 35.5. The SMILES string of the molecule is COC(C)(CNC(=O)C(=O)NCC(F)(F)F)c1cccc(Cl)c1. The molecule has 1 rings (SSSR count). The number of halogens is 4. The third kappa shape index (κ3) is 6.07. The Morgan fingerprint density at radius 2 is 1.74 bits per heavy atom. The number of carbonyl (C=O) groups excluding carboxylic acids is 2. The largest absolute Gasteiger partial charge is 0.405 e. The first-order valence-electron chi connectivity index (χ1n) is 6.51. The molecule has 0 aromatic heterocycles. The Bertz CT molecular complexity index is 581. The Labute approximate surface area is 136 Å². The average Bonchev–Trinajstić information content (AvgIpc) is 2.49. The summed E-state index contributed by atoms with van der Waals surface area (Å²) >= 11 is 5.89. The zero-order valence-corrected chi connectivity index (χ0v) is 13.2. The molecule has 0 bridgehead atoms. The monoisotopic (exact) mass is 352 g/mol. The van der Waals surface area contributed by atoms with E-state index >= 15 is 0 Å². The molecule has 2 N–H and O–H groups in total. The van der Waals surface area contributed by atoms with Crippen LogP contribution >= 0.6 is 11.6 Å². The van der Waals surface area contributed by atoms with E-state index in [4.69, 9.17) is 16.3 Å². The normalized spacial score (nSPS) is 14.0. The van der Waals surface area contributed by atoms with Gasteiger partial charge in [0, 0.05) is 12.1 Å². The molecule has 1 aromatic rings. The van der Waals surface area contributed by atoms with Crippen molar-refractivity contribution in [2.45, 2.75) is 18.7 Å². The summed E-state index contributed by atoms with van der Waals surface area (Å²) in [6.07, 6.45) is -4.59. The Balaban J connectivity index is 2.66. The summed E-state index contributed by atoms with van der Waals surface area (Å²) in [5.74, 6) is -2.55. The van der Waals surface area contributed by atoms with Crippen LogP contribution in [0, 0.1) is 0 Å². The molecule has 0 spiro atoms. The number of alkyl halides is 3. The first-order chi connectivity index (χ1) is 10.6. The van der Waals surface area contributed by atoms with Crippen LogP contribution in [0.5, 0.6) is 0 Å². The summed E-state index contributed by atoms with van der Waals surface area (Å²) in [4.78, 5) is 22.8. The predicted molar refractivity (Wildman–Crippen MR) is 77.9 cm³/mol. The molecule has 128 valence electrons. The zero-order valence-electron chi connectivity index (χ0n) is 12.5. The van der Waals surface area contributed by atoms with Crippen LogP contribution in [0.3, 0.4) is 0 Å². The number of carbonyl (C=O) groups is 2. The van der Waals surface area contributed by atoms with Crippen molar-refractivity contribution in [3.8, 4) is 0 Å². The molecule has 5 nitrogen and oxygen atoms in total. The van der Waals surface area contributed by atoms with E-state index in [1.54, 1.807) is 31.2 Å². The minimum Gasteiger partial charge on any atom is -0.372 e. The fraction of sp³-hybridized carbons (Fsp3) is 0.429. The topological polar surface area (TPSA) is 67.4 Å². The lowest BCUT2D eigenvalue weighted by atomic mass is 9.95. The summed E-state index contributed by atoms with van der Waals surface area (Å²) < 4.78 is 41.3. The molecule has 0 fully saturated rings. The van der Waals surface area contributed by atoms with E-state index in [0.717, 1.165) is 0 Å². The van der Waals surface area contributed by atoms with Crippen LogP contribution < -0.4 is 10.6 Å². The van der Waals surface area contributed by atoms with E-state index in [1.165, 1.54) is 12.4 Å². The summed E-state index contributed by atoms with van der Waals surface area (Å²) in [5, 5.41) is 4.19. The van der Waals surface area contributed by atoms with Crippen molar-refractivity contribution in [1.29, 1.82) is 0 Å². The minimum atomic E-state index is -4.59. The lowest BCUT2D eigenvalue weighted by Gasteiger charge is -2.29. The third-order valence-electron chi connectivity index (χ3n) is 3.13. The van der Waals surface area contributed by atoms with Crippen molar-refractivity contribution in [3.05, 3.63) is 34.9 Å². The average molecular weight is 353 g/mol. The Hall–Kier alpha value is -1.80. The summed E-state index contributed by atoms with van der Waals surface area (Å²) in [6.45, 7) is -0.0518. The molecule has 23 heavy (non-hydrogen) atoms. The molecule has 1 unspecified atom stereocenters. The van der Waals surface area contributed by atoms with Crippen LogP contribution in [0.1, 0.15) is 12.5 Å². The molecule has 0 saturated heterocycles. The van der Waals surface area contributed by atoms with E-state index in [0.29, 0.717) is 10.6 Å². The van der Waals surface area contributed by atoms with Crippen molar-refractivity contribution in [3.63, 3.8) is 0 Å². The maximum absolute atomic E-state index is 12.0. The second-order valence-corrected chi connectivity index (χ2v) is 5.36. The number of hydrogen-bond donors (Lipinski definition) is 2. The number of methoxy groups -OCH3 is 1. The zero-order chi connectivity index (χ0) is 17.7. The molecular formula is C14H16ClF3N2O3. The van der Waals surface area contributed by atoms with Gasteiger partial charge in [0.25, 0.3) is 0 Å². The molecule has 9 heteroatoms. The summed E-state index contributed by atoms with van der Waals surface area (Å²) in [7, 11) is 1.40. The highest BCUT2D eigenvalue weighted by Gasteiger charge is 2.31. The molecule has 2 amide bonds. The fourth-order valence-corrected chi connectivity index (χ4v) is 1.89. The van der Waals surface area contributed by atoms with E-state index in [-0.39, 0.29) is 6.54 Å². The van der Waals surface area contributed by atoms with Gasteiger partial charge >= 0.3 is 18.0 Å². The van der Waals surface area contributed by atoms with Gasteiger partial charge in [-0.25, -0.2) is 0 Å². The number of nitrogens with one attached hydrogen (secondary N) is 2. The lowest BCUT2D eigenvalue weighted by molar-refractivity contribution is -0.146. The van der Waals surface area contributed by atoms with Gasteiger partial charge in [-0.2, -0.15) is 13.2 Å². The minimum absolute atomic E-state index is 0.123. The van der Waals surface area contributed by atoms with Gasteiger partial charge in [-0.3, -0.25) is 9.59 Å². The van der Waals surface area contributed by atoms with Crippen LogP contribution in [0.15, 0.2) is 24.3 Å². The van der Waals surface area contributed by atoms with Crippen molar-refractivity contribution < 1.29 is 27.5 Å². The van der Waals surface area contributed by atoms with E-state index in [1.807, 2.05) is 0 Å². The van der Waals surface area contributed by atoms with Crippen LogP contribution in [0.2, 0.25) is 5.02 Å². The quantitative estimate of drug-likeness (QED) is 0.796. The number of benzene rings is 1.